The number of hydrogen-bond acceptors (Lipinski definition) is 3. The number of allylic oxidation sites excluding steroid dienone is 2. The van der Waals surface area contributed by atoms with Crippen LogP contribution in [0.3, 0.4) is 0 Å². The van der Waals surface area contributed by atoms with Crippen molar-refractivity contribution in [3.05, 3.63) is 22.0 Å². The third-order valence-electron chi connectivity index (χ3n) is 1.87. The van der Waals surface area contributed by atoms with E-state index in [4.69, 9.17) is 37.4 Å². The summed E-state index contributed by atoms with van der Waals surface area (Å²) in [5.41, 5.74) is 0. The first-order valence-electron chi connectivity index (χ1n) is 5.81. The number of hydrogen-bond donors (Lipinski definition) is 0. The second kappa shape index (κ2) is 9.49. The Morgan fingerprint density at radius 2 is 1.12 bits per heavy atom. The molecule has 0 fully saturated rings. The Balaban J connectivity index is 4.85. The summed E-state index contributed by atoms with van der Waals surface area (Å²) < 4.78 is 16.0. The van der Waals surface area contributed by atoms with Gasteiger partial charge in [0.2, 0.25) is 10.4 Å². The molecule has 0 aliphatic rings. The molecule has 0 bridgehead atoms. The minimum absolute atomic E-state index is 0.266. The Morgan fingerprint density at radius 1 is 0.765 bits per heavy atom. The van der Waals surface area contributed by atoms with Gasteiger partial charge in [-0.3, -0.25) is 0 Å². The normalized spacial score (nSPS) is 13.8. The third kappa shape index (κ3) is 6.08. The van der Waals surface area contributed by atoms with Gasteiger partial charge in [-0.1, -0.05) is 13.8 Å². The number of ether oxygens (including phenoxy) is 3. The van der Waals surface area contributed by atoms with E-state index in [0.717, 1.165) is 0 Å². The van der Waals surface area contributed by atoms with E-state index < -0.39 is 0 Å². The second-order valence-electron chi connectivity index (χ2n) is 3.07. The quantitative estimate of drug-likeness (QED) is 0.604. The van der Waals surface area contributed by atoms with Gasteiger partial charge in [-0.15, -0.1) is 0 Å². The minimum atomic E-state index is 0.266. The van der Waals surface area contributed by atoms with E-state index in [1.807, 2.05) is 27.7 Å². The zero-order valence-electron chi connectivity index (χ0n) is 10.8. The van der Waals surface area contributed by atoms with Gasteiger partial charge in [0.25, 0.3) is 0 Å². The van der Waals surface area contributed by atoms with Crippen molar-refractivity contribution < 1.29 is 14.2 Å². The molecule has 0 saturated heterocycles. The van der Waals surface area contributed by atoms with Crippen molar-refractivity contribution in [1.29, 1.82) is 0 Å². The lowest BCUT2D eigenvalue weighted by Gasteiger charge is -2.14. The smallest absolute Gasteiger partial charge is 0.226 e. The third-order valence-corrected chi connectivity index (χ3v) is 2.51. The van der Waals surface area contributed by atoms with Gasteiger partial charge in [0.05, 0.1) is 13.2 Å². The lowest BCUT2D eigenvalue weighted by molar-refractivity contribution is 0.183. The first kappa shape index (κ1) is 16.5. The van der Waals surface area contributed by atoms with Gasteiger partial charge in [0.15, 0.2) is 11.5 Å². The zero-order valence-corrected chi connectivity index (χ0v) is 12.3. The van der Waals surface area contributed by atoms with Crippen LogP contribution in [0.4, 0.5) is 0 Å². The highest BCUT2D eigenvalue weighted by Crippen LogP contribution is 2.24. The van der Waals surface area contributed by atoms with Crippen molar-refractivity contribution in [2.24, 2.45) is 0 Å². The summed E-state index contributed by atoms with van der Waals surface area (Å²) in [4.78, 5) is 0. The van der Waals surface area contributed by atoms with E-state index in [1.54, 1.807) is 0 Å². The van der Waals surface area contributed by atoms with Crippen LogP contribution < -0.4 is 0 Å². The summed E-state index contributed by atoms with van der Waals surface area (Å²) in [5, 5.41) is 0.531. The molecule has 100 valence electrons. The van der Waals surface area contributed by atoms with Crippen molar-refractivity contribution in [3.63, 3.8) is 0 Å². The summed E-state index contributed by atoms with van der Waals surface area (Å²) in [6, 6.07) is 0. The lowest BCUT2D eigenvalue weighted by Crippen LogP contribution is -2.00. The Bertz CT molecular complexity index is 257. The summed E-state index contributed by atoms with van der Waals surface area (Å²) in [6.45, 7) is 8.57. The molecule has 0 heterocycles. The van der Waals surface area contributed by atoms with Gasteiger partial charge in [-0.2, -0.15) is 0 Å². The van der Waals surface area contributed by atoms with Crippen LogP contribution in [0.1, 0.15) is 40.5 Å². The van der Waals surface area contributed by atoms with Crippen molar-refractivity contribution in [2.45, 2.75) is 40.5 Å². The van der Waals surface area contributed by atoms with E-state index in [1.165, 1.54) is 0 Å². The van der Waals surface area contributed by atoms with Crippen LogP contribution in [0.2, 0.25) is 0 Å². The van der Waals surface area contributed by atoms with Crippen LogP contribution in [0.25, 0.3) is 0 Å². The predicted molar refractivity (Wildman–Crippen MR) is 70.7 cm³/mol. The van der Waals surface area contributed by atoms with Gasteiger partial charge < -0.3 is 14.2 Å². The SMILES string of the molecule is CCOC(Cl)=C(CC)OC(CC)=C(Cl)OCC. The summed E-state index contributed by atoms with van der Waals surface area (Å²) in [7, 11) is 0. The average molecular weight is 283 g/mol. The van der Waals surface area contributed by atoms with Gasteiger partial charge in [-0.25, -0.2) is 0 Å². The Hall–Kier alpha value is -0.540. The number of rotatable bonds is 8. The molecule has 0 amide bonds. The van der Waals surface area contributed by atoms with E-state index >= 15 is 0 Å². The molecule has 0 radical (unpaired) electrons. The molecule has 0 unspecified atom stereocenters. The first-order valence-corrected chi connectivity index (χ1v) is 6.56. The fourth-order valence-corrected chi connectivity index (χ4v) is 1.63. The van der Waals surface area contributed by atoms with E-state index in [0.29, 0.717) is 37.6 Å². The van der Waals surface area contributed by atoms with Crippen LogP contribution in [-0.4, -0.2) is 13.2 Å². The van der Waals surface area contributed by atoms with Crippen LogP contribution in [0.15, 0.2) is 22.0 Å². The van der Waals surface area contributed by atoms with E-state index in [2.05, 4.69) is 0 Å². The molecule has 3 nitrogen and oxygen atoms in total. The second-order valence-corrected chi connectivity index (χ2v) is 3.76. The molecule has 0 atom stereocenters. The van der Waals surface area contributed by atoms with E-state index in [9.17, 15) is 0 Å². The Kier molecular flexibility index (Phi) is 9.18. The minimum Gasteiger partial charge on any atom is -0.481 e. The van der Waals surface area contributed by atoms with Crippen molar-refractivity contribution in [1.82, 2.24) is 0 Å². The molecule has 0 spiro atoms. The number of halogens is 2. The molecule has 0 rings (SSSR count). The fourth-order valence-electron chi connectivity index (χ4n) is 1.07. The Labute approximate surface area is 113 Å². The maximum absolute atomic E-state index is 5.96. The molecular formula is C12H20Cl2O3. The maximum Gasteiger partial charge on any atom is 0.226 e. The molecule has 0 aromatic heterocycles. The molecule has 0 aromatic carbocycles. The largest absolute Gasteiger partial charge is 0.481 e. The van der Waals surface area contributed by atoms with Crippen molar-refractivity contribution in [3.8, 4) is 0 Å². The lowest BCUT2D eigenvalue weighted by atomic mass is 10.4. The molecule has 0 aliphatic carbocycles. The van der Waals surface area contributed by atoms with Gasteiger partial charge in [0, 0.05) is 12.8 Å². The summed E-state index contributed by atoms with van der Waals surface area (Å²) >= 11 is 11.9. The van der Waals surface area contributed by atoms with Crippen LogP contribution in [-0.2, 0) is 14.2 Å². The monoisotopic (exact) mass is 282 g/mol. The Morgan fingerprint density at radius 3 is 1.35 bits per heavy atom. The predicted octanol–water partition coefficient (Wildman–Crippen LogP) is 4.71. The van der Waals surface area contributed by atoms with Gasteiger partial charge in [-0.05, 0) is 37.0 Å². The highest BCUT2D eigenvalue weighted by molar-refractivity contribution is 6.29. The standard InChI is InChI=1S/C12H20Cl2O3/c1-5-9(11(13)15-7-3)17-10(6-2)12(14)16-8-4/h5-8H2,1-4H3. The zero-order chi connectivity index (χ0) is 13.3. The molecule has 0 saturated carbocycles. The van der Waals surface area contributed by atoms with Gasteiger partial charge in [0.1, 0.15) is 0 Å². The topological polar surface area (TPSA) is 27.7 Å². The van der Waals surface area contributed by atoms with Gasteiger partial charge >= 0.3 is 0 Å². The molecule has 0 N–H and O–H groups in total. The molecular weight excluding hydrogens is 263 g/mol. The highest BCUT2D eigenvalue weighted by atomic mass is 35.5. The summed E-state index contributed by atoms with van der Waals surface area (Å²) in [5.74, 6) is 1.12. The van der Waals surface area contributed by atoms with Crippen molar-refractivity contribution >= 4 is 23.2 Å². The van der Waals surface area contributed by atoms with Crippen molar-refractivity contribution in [2.75, 3.05) is 13.2 Å². The van der Waals surface area contributed by atoms with E-state index in [-0.39, 0.29) is 10.4 Å². The first-order chi connectivity index (χ1) is 8.10. The fraction of sp³-hybridized carbons (Fsp3) is 0.667. The average Bonchev–Trinajstić information content (AvgIpc) is 2.31. The highest BCUT2D eigenvalue weighted by Gasteiger charge is 2.12. The maximum atomic E-state index is 5.96. The molecule has 5 heteroatoms. The molecule has 17 heavy (non-hydrogen) atoms. The van der Waals surface area contributed by atoms with Crippen LogP contribution in [0.5, 0.6) is 0 Å². The van der Waals surface area contributed by atoms with Crippen LogP contribution >= 0.6 is 23.2 Å². The summed E-state index contributed by atoms with van der Waals surface area (Å²) in [6.07, 6.45) is 1.25. The molecule has 0 aliphatic heterocycles. The van der Waals surface area contributed by atoms with Crippen LogP contribution in [0, 0.1) is 0 Å². The molecule has 0 aromatic rings.